The molecule has 0 aliphatic carbocycles. The fraction of sp³-hybridized carbons (Fsp3) is 0.476. The third-order valence-corrected chi connectivity index (χ3v) is 5.87. The number of carbonyl (C=O) groups is 2. The van der Waals surface area contributed by atoms with Gasteiger partial charge in [-0.1, -0.05) is 12.5 Å². The summed E-state index contributed by atoms with van der Waals surface area (Å²) in [5.41, 5.74) is 0.668. The van der Waals surface area contributed by atoms with E-state index in [2.05, 4.69) is 37.9 Å². The Morgan fingerprint density at radius 1 is 1.27 bits per heavy atom. The lowest BCUT2D eigenvalue weighted by molar-refractivity contribution is -0.140. The van der Waals surface area contributed by atoms with Crippen LogP contribution in [0.5, 0.6) is 0 Å². The molecule has 2 aliphatic heterocycles. The van der Waals surface area contributed by atoms with Crippen molar-refractivity contribution < 1.29 is 9.59 Å². The molecule has 2 heterocycles. The van der Waals surface area contributed by atoms with E-state index in [9.17, 15) is 9.59 Å². The van der Waals surface area contributed by atoms with Gasteiger partial charge in [0.05, 0.1) is 18.2 Å². The van der Waals surface area contributed by atoms with Crippen LogP contribution in [0.15, 0.2) is 34.3 Å². The Balaban J connectivity index is 1.70. The van der Waals surface area contributed by atoms with Gasteiger partial charge in [-0.2, -0.15) is 5.26 Å². The second kappa shape index (κ2) is 11.1. The van der Waals surface area contributed by atoms with Gasteiger partial charge in [0.15, 0.2) is 6.19 Å². The Hall–Kier alpha value is -2.48. The molecule has 158 valence electrons. The molecule has 1 atom stereocenters. The molecule has 1 N–H and O–H groups in total. The number of amides is 2. The molecule has 2 fully saturated rings. The fourth-order valence-electron chi connectivity index (χ4n) is 3.63. The zero-order valence-electron chi connectivity index (χ0n) is 16.8. The number of aliphatic imine (C=N–C) groups is 2. The number of likely N-dealkylation sites (tertiary alicyclic amines) is 2. The minimum atomic E-state index is -0.430. The first-order valence-corrected chi connectivity index (χ1v) is 11.2. The van der Waals surface area contributed by atoms with Gasteiger partial charge < -0.3 is 9.80 Å². The fourth-order valence-corrected chi connectivity index (χ4v) is 4.15. The van der Waals surface area contributed by atoms with Gasteiger partial charge in [-0.15, -0.1) is 0 Å². The number of guanidine groups is 1. The highest BCUT2D eigenvalue weighted by atomic mass is 127. The number of halogens is 1. The van der Waals surface area contributed by atoms with E-state index in [-0.39, 0.29) is 24.3 Å². The summed E-state index contributed by atoms with van der Waals surface area (Å²) >= 11 is 2.19. The van der Waals surface area contributed by atoms with Crippen molar-refractivity contribution in [3.63, 3.8) is 0 Å². The third kappa shape index (κ3) is 6.26. The van der Waals surface area contributed by atoms with E-state index >= 15 is 0 Å². The number of carbonyl (C=O) groups excluding carboxylic acids is 2. The standard InChI is InChI=1S/C21H25IN6O2/c22-17-7-5-8-18(12-17)26-21(25-15-23)24-13-16-6-1-2-11-28(20(16)30)14-19(29)27-9-3-4-10-27/h5,7-8,12-13,16H,1-4,6,9-11,14H2,(H,25,26)/b24-13-. The van der Waals surface area contributed by atoms with Gasteiger partial charge >= 0.3 is 0 Å². The lowest BCUT2D eigenvalue weighted by Gasteiger charge is -2.25. The van der Waals surface area contributed by atoms with Crippen molar-refractivity contribution in [2.45, 2.75) is 32.1 Å². The number of hydrogen-bond acceptors (Lipinski definition) is 4. The summed E-state index contributed by atoms with van der Waals surface area (Å²) < 4.78 is 1.02. The monoisotopic (exact) mass is 520 g/mol. The SMILES string of the molecule is N#CNC(=Nc1cccc(I)c1)/N=C\C1CCCCN(CC(=O)N2CCCC2)C1=O. The van der Waals surface area contributed by atoms with Crippen molar-refractivity contribution in [1.29, 1.82) is 5.26 Å². The van der Waals surface area contributed by atoms with Crippen molar-refractivity contribution in [3.8, 4) is 6.19 Å². The molecule has 30 heavy (non-hydrogen) atoms. The molecule has 0 bridgehead atoms. The van der Waals surface area contributed by atoms with E-state index in [1.165, 1.54) is 0 Å². The highest BCUT2D eigenvalue weighted by molar-refractivity contribution is 14.1. The molecule has 2 aliphatic rings. The Kier molecular flexibility index (Phi) is 8.19. The van der Waals surface area contributed by atoms with Gasteiger partial charge in [-0.25, -0.2) is 9.98 Å². The van der Waals surface area contributed by atoms with Crippen LogP contribution < -0.4 is 5.32 Å². The van der Waals surface area contributed by atoms with Crippen LogP contribution in [0.2, 0.25) is 0 Å². The van der Waals surface area contributed by atoms with Crippen LogP contribution in [0.4, 0.5) is 5.69 Å². The lowest BCUT2D eigenvalue weighted by Crippen LogP contribution is -2.44. The van der Waals surface area contributed by atoms with Gasteiger partial charge in [0, 0.05) is 29.4 Å². The van der Waals surface area contributed by atoms with Crippen molar-refractivity contribution in [1.82, 2.24) is 15.1 Å². The maximum Gasteiger partial charge on any atom is 0.242 e. The quantitative estimate of drug-likeness (QED) is 0.217. The molecule has 1 aromatic carbocycles. The molecule has 0 aromatic heterocycles. The summed E-state index contributed by atoms with van der Waals surface area (Å²) in [6.45, 7) is 2.28. The van der Waals surface area contributed by atoms with Gasteiger partial charge in [0.2, 0.25) is 17.8 Å². The smallest absolute Gasteiger partial charge is 0.242 e. The summed E-state index contributed by atoms with van der Waals surface area (Å²) in [7, 11) is 0. The van der Waals surface area contributed by atoms with Crippen molar-refractivity contribution in [3.05, 3.63) is 27.8 Å². The minimum Gasteiger partial charge on any atom is -0.341 e. The summed E-state index contributed by atoms with van der Waals surface area (Å²) in [5, 5.41) is 11.5. The van der Waals surface area contributed by atoms with E-state index in [1.54, 1.807) is 11.1 Å². The van der Waals surface area contributed by atoms with Gasteiger partial charge in [-0.05, 0) is 66.5 Å². The Labute approximate surface area is 190 Å². The van der Waals surface area contributed by atoms with E-state index < -0.39 is 5.92 Å². The summed E-state index contributed by atoms with van der Waals surface area (Å²) in [5.74, 6) is -0.364. The van der Waals surface area contributed by atoms with Crippen molar-refractivity contribution in [2.75, 3.05) is 26.2 Å². The second-order valence-electron chi connectivity index (χ2n) is 7.38. The molecule has 1 aromatic rings. The second-order valence-corrected chi connectivity index (χ2v) is 8.63. The minimum absolute atomic E-state index is 0.0190. The normalized spacial score (nSPS) is 20.3. The maximum absolute atomic E-state index is 13.0. The van der Waals surface area contributed by atoms with Crippen LogP contribution >= 0.6 is 22.6 Å². The number of nitrogens with one attached hydrogen (secondary N) is 1. The molecule has 8 nitrogen and oxygen atoms in total. The predicted molar refractivity (Wildman–Crippen MR) is 123 cm³/mol. The van der Waals surface area contributed by atoms with E-state index in [0.29, 0.717) is 18.7 Å². The van der Waals surface area contributed by atoms with E-state index in [4.69, 9.17) is 5.26 Å². The summed E-state index contributed by atoms with van der Waals surface area (Å²) in [4.78, 5) is 37.6. The van der Waals surface area contributed by atoms with Crippen LogP contribution in [-0.2, 0) is 9.59 Å². The summed E-state index contributed by atoms with van der Waals surface area (Å²) in [6.07, 6.45) is 7.87. The topological polar surface area (TPSA) is 101 Å². The number of rotatable bonds is 4. The molecular formula is C21H25IN6O2. The number of nitrogens with zero attached hydrogens (tertiary/aromatic N) is 5. The van der Waals surface area contributed by atoms with Crippen molar-refractivity contribution in [2.24, 2.45) is 15.9 Å². The first kappa shape index (κ1) is 22.2. The predicted octanol–water partition coefficient (Wildman–Crippen LogP) is 2.67. The Morgan fingerprint density at radius 3 is 2.77 bits per heavy atom. The zero-order valence-corrected chi connectivity index (χ0v) is 18.9. The highest BCUT2D eigenvalue weighted by Gasteiger charge is 2.29. The first-order chi connectivity index (χ1) is 14.6. The molecule has 1 unspecified atom stereocenters. The molecule has 2 saturated heterocycles. The summed E-state index contributed by atoms with van der Waals surface area (Å²) in [6, 6.07) is 7.51. The molecule has 2 amide bonds. The lowest BCUT2D eigenvalue weighted by atomic mass is 10.0. The molecule has 0 radical (unpaired) electrons. The molecule has 9 heteroatoms. The van der Waals surface area contributed by atoms with Crippen LogP contribution in [0.25, 0.3) is 0 Å². The third-order valence-electron chi connectivity index (χ3n) is 5.19. The number of nitriles is 1. The molecular weight excluding hydrogens is 495 g/mol. The molecule has 3 rings (SSSR count). The van der Waals surface area contributed by atoms with Gasteiger partial charge in [0.1, 0.15) is 0 Å². The van der Waals surface area contributed by atoms with Crippen molar-refractivity contribution >= 4 is 52.3 Å². The number of hydrogen-bond donors (Lipinski definition) is 1. The van der Waals surface area contributed by atoms with Crippen LogP contribution in [0.3, 0.4) is 0 Å². The average Bonchev–Trinajstić information content (AvgIpc) is 3.21. The van der Waals surface area contributed by atoms with Crippen LogP contribution in [-0.4, -0.2) is 60.0 Å². The average molecular weight is 520 g/mol. The van der Waals surface area contributed by atoms with Gasteiger partial charge in [0.25, 0.3) is 0 Å². The van der Waals surface area contributed by atoms with E-state index in [0.717, 1.165) is 42.3 Å². The maximum atomic E-state index is 13.0. The highest BCUT2D eigenvalue weighted by Crippen LogP contribution is 2.19. The van der Waals surface area contributed by atoms with E-state index in [1.807, 2.05) is 35.4 Å². The largest absolute Gasteiger partial charge is 0.341 e. The number of benzene rings is 1. The Morgan fingerprint density at radius 2 is 2.03 bits per heavy atom. The molecule has 0 saturated carbocycles. The first-order valence-electron chi connectivity index (χ1n) is 10.2. The molecule has 0 spiro atoms. The van der Waals surface area contributed by atoms with Crippen LogP contribution in [0.1, 0.15) is 32.1 Å². The van der Waals surface area contributed by atoms with Crippen LogP contribution in [0, 0.1) is 20.9 Å². The Bertz CT molecular complexity index is 872. The van der Waals surface area contributed by atoms with Gasteiger partial charge in [-0.3, -0.25) is 14.9 Å². The zero-order chi connectivity index (χ0) is 21.3.